The normalized spacial score (nSPS) is 14.0. The summed E-state index contributed by atoms with van der Waals surface area (Å²) in [5.41, 5.74) is 9.01. The van der Waals surface area contributed by atoms with Crippen molar-refractivity contribution in [2.45, 2.75) is 31.7 Å². The van der Waals surface area contributed by atoms with Crippen molar-refractivity contribution in [3.63, 3.8) is 0 Å². The Kier molecular flexibility index (Phi) is 6.44. The van der Waals surface area contributed by atoms with Crippen LogP contribution in [0.4, 0.5) is 5.69 Å². The number of benzene rings is 2. The molecule has 1 heterocycles. The maximum Gasteiger partial charge on any atom is 0.224 e. The van der Waals surface area contributed by atoms with E-state index in [9.17, 15) is 9.59 Å². The summed E-state index contributed by atoms with van der Waals surface area (Å²) in [6, 6.07) is 15.2. The molecule has 2 aromatic carbocycles. The van der Waals surface area contributed by atoms with E-state index in [0.29, 0.717) is 32.4 Å². The fraction of sp³-hybridized carbons (Fsp3) is 0.333. The van der Waals surface area contributed by atoms with E-state index >= 15 is 0 Å². The van der Waals surface area contributed by atoms with E-state index in [1.54, 1.807) is 0 Å². The smallest absolute Gasteiger partial charge is 0.224 e. The van der Waals surface area contributed by atoms with Crippen LogP contribution >= 0.6 is 0 Å². The molecule has 4 N–H and O–H groups in total. The third kappa shape index (κ3) is 5.56. The molecule has 27 heavy (non-hydrogen) atoms. The first-order valence-electron chi connectivity index (χ1n) is 9.24. The van der Waals surface area contributed by atoms with Gasteiger partial charge in [0.1, 0.15) is 5.75 Å². The van der Waals surface area contributed by atoms with Crippen LogP contribution in [0.2, 0.25) is 0 Å². The molecular weight excluding hydrogens is 342 g/mol. The number of hydrogen-bond donors (Lipinski definition) is 3. The number of carbonyl (C=O) groups is 2. The van der Waals surface area contributed by atoms with Gasteiger partial charge in [-0.1, -0.05) is 30.3 Å². The summed E-state index contributed by atoms with van der Waals surface area (Å²) in [6.45, 7) is 0.879. The first-order valence-corrected chi connectivity index (χ1v) is 9.24. The lowest BCUT2D eigenvalue weighted by Crippen LogP contribution is -2.31. The quantitative estimate of drug-likeness (QED) is 0.625. The molecule has 1 unspecified atom stereocenters. The maximum absolute atomic E-state index is 12.0. The number of nitrogens with one attached hydrogen (secondary N) is 2. The van der Waals surface area contributed by atoms with Gasteiger partial charge in [0.25, 0.3) is 0 Å². The number of ether oxygens (including phenoxy) is 1. The van der Waals surface area contributed by atoms with Crippen molar-refractivity contribution in [1.29, 1.82) is 0 Å². The van der Waals surface area contributed by atoms with Crippen molar-refractivity contribution in [3.8, 4) is 5.75 Å². The highest BCUT2D eigenvalue weighted by Gasteiger charge is 2.15. The summed E-state index contributed by atoms with van der Waals surface area (Å²) in [7, 11) is 0. The molecule has 3 rings (SSSR count). The van der Waals surface area contributed by atoms with Crippen LogP contribution in [0.25, 0.3) is 0 Å². The van der Waals surface area contributed by atoms with Crippen molar-refractivity contribution in [3.05, 3.63) is 59.7 Å². The van der Waals surface area contributed by atoms with Crippen molar-refractivity contribution in [1.82, 2.24) is 5.32 Å². The van der Waals surface area contributed by atoms with E-state index in [1.807, 2.05) is 48.5 Å². The van der Waals surface area contributed by atoms with Gasteiger partial charge in [-0.15, -0.1) is 0 Å². The van der Waals surface area contributed by atoms with Crippen LogP contribution in [-0.4, -0.2) is 25.0 Å². The average molecular weight is 367 g/mol. The van der Waals surface area contributed by atoms with E-state index < -0.39 is 0 Å². The molecule has 2 aromatic rings. The molecule has 0 saturated carbocycles. The zero-order valence-electron chi connectivity index (χ0n) is 15.2. The number of amides is 2. The molecule has 2 amide bonds. The number of fused-ring (bicyclic) bond motifs is 1. The Morgan fingerprint density at radius 1 is 1.19 bits per heavy atom. The van der Waals surface area contributed by atoms with Gasteiger partial charge in [0, 0.05) is 31.1 Å². The molecule has 1 aliphatic rings. The van der Waals surface area contributed by atoms with Crippen molar-refractivity contribution >= 4 is 17.5 Å². The van der Waals surface area contributed by atoms with Gasteiger partial charge in [0.15, 0.2) is 0 Å². The lowest BCUT2D eigenvalue weighted by atomic mass is 10.0. The molecule has 6 heteroatoms. The predicted octanol–water partition coefficient (Wildman–Crippen LogP) is 2.55. The molecule has 0 aromatic heterocycles. The minimum absolute atomic E-state index is 0.0295. The summed E-state index contributed by atoms with van der Waals surface area (Å²) in [5, 5.41) is 5.71. The number of carbonyl (C=O) groups excluding carboxylic acids is 2. The molecule has 0 bridgehead atoms. The maximum atomic E-state index is 12.0. The van der Waals surface area contributed by atoms with Crippen molar-refractivity contribution < 1.29 is 14.3 Å². The van der Waals surface area contributed by atoms with Crippen molar-refractivity contribution in [2.75, 3.05) is 18.5 Å². The van der Waals surface area contributed by atoms with E-state index in [2.05, 4.69) is 10.6 Å². The van der Waals surface area contributed by atoms with Crippen LogP contribution in [0.3, 0.4) is 0 Å². The van der Waals surface area contributed by atoms with Crippen LogP contribution in [0, 0.1) is 0 Å². The van der Waals surface area contributed by atoms with Crippen LogP contribution in [0.15, 0.2) is 48.5 Å². The zero-order chi connectivity index (χ0) is 19.1. The lowest BCUT2D eigenvalue weighted by molar-refractivity contribution is -0.121. The van der Waals surface area contributed by atoms with E-state index in [1.165, 1.54) is 0 Å². The van der Waals surface area contributed by atoms with Crippen LogP contribution in [0.5, 0.6) is 5.75 Å². The highest BCUT2D eigenvalue weighted by Crippen LogP contribution is 2.26. The standard InChI is InChI=1S/C21H25N3O3/c22-18(15-5-2-1-3-6-15)14-23-20(25)7-4-12-27-17-9-10-19-16(13-17)8-11-21(26)24-19/h1-3,5-6,9-10,13,18H,4,7-8,11-12,14,22H2,(H,23,25)(H,24,26). The summed E-state index contributed by atoms with van der Waals surface area (Å²) in [4.78, 5) is 23.3. The van der Waals surface area contributed by atoms with Crippen LogP contribution in [0.1, 0.15) is 36.4 Å². The Morgan fingerprint density at radius 3 is 2.81 bits per heavy atom. The summed E-state index contributed by atoms with van der Waals surface area (Å²) >= 11 is 0. The monoisotopic (exact) mass is 367 g/mol. The molecule has 1 aliphatic heterocycles. The van der Waals surface area contributed by atoms with Gasteiger partial charge in [-0.3, -0.25) is 9.59 Å². The Morgan fingerprint density at radius 2 is 2.00 bits per heavy atom. The lowest BCUT2D eigenvalue weighted by Gasteiger charge is -2.17. The Bertz CT molecular complexity index is 793. The van der Waals surface area contributed by atoms with Gasteiger partial charge >= 0.3 is 0 Å². The van der Waals surface area contributed by atoms with Gasteiger partial charge in [-0.05, 0) is 42.2 Å². The Balaban J connectivity index is 1.35. The van der Waals surface area contributed by atoms with Crippen molar-refractivity contribution in [2.24, 2.45) is 5.73 Å². The van der Waals surface area contributed by atoms with Gasteiger partial charge in [0.2, 0.25) is 11.8 Å². The highest BCUT2D eigenvalue weighted by atomic mass is 16.5. The van der Waals surface area contributed by atoms with Gasteiger partial charge < -0.3 is 21.1 Å². The topological polar surface area (TPSA) is 93.4 Å². The molecule has 0 spiro atoms. The fourth-order valence-electron chi connectivity index (χ4n) is 3.00. The Labute approximate surface area is 159 Å². The molecule has 0 radical (unpaired) electrons. The molecule has 0 saturated heterocycles. The number of aryl methyl sites for hydroxylation is 1. The van der Waals surface area contributed by atoms with E-state index in [-0.39, 0.29) is 17.9 Å². The van der Waals surface area contributed by atoms with Gasteiger partial charge in [-0.25, -0.2) is 0 Å². The summed E-state index contributed by atoms with van der Waals surface area (Å²) in [6.07, 6.45) is 2.24. The minimum atomic E-state index is -0.206. The number of nitrogens with two attached hydrogens (primary N) is 1. The second-order valence-corrected chi connectivity index (χ2v) is 6.64. The second kappa shape index (κ2) is 9.19. The van der Waals surface area contributed by atoms with Gasteiger partial charge in [-0.2, -0.15) is 0 Å². The van der Waals surface area contributed by atoms with E-state index in [4.69, 9.17) is 10.5 Å². The molecular formula is C21H25N3O3. The summed E-state index contributed by atoms with van der Waals surface area (Å²) in [5.74, 6) is 0.781. The molecule has 0 aliphatic carbocycles. The average Bonchev–Trinajstić information content (AvgIpc) is 2.70. The number of anilines is 1. The highest BCUT2D eigenvalue weighted by molar-refractivity contribution is 5.94. The first-order chi connectivity index (χ1) is 13.1. The first kappa shape index (κ1) is 18.9. The second-order valence-electron chi connectivity index (χ2n) is 6.64. The SMILES string of the molecule is NC(CNC(=O)CCCOc1ccc2c(c1)CCC(=O)N2)c1ccccc1. The zero-order valence-corrected chi connectivity index (χ0v) is 15.2. The third-order valence-electron chi connectivity index (χ3n) is 4.54. The van der Waals surface area contributed by atoms with Crippen LogP contribution < -0.4 is 21.1 Å². The predicted molar refractivity (Wildman–Crippen MR) is 105 cm³/mol. The number of hydrogen-bond acceptors (Lipinski definition) is 4. The largest absolute Gasteiger partial charge is 0.494 e. The molecule has 142 valence electrons. The molecule has 6 nitrogen and oxygen atoms in total. The van der Waals surface area contributed by atoms with Gasteiger partial charge in [0.05, 0.1) is 6.61 Å². The fourth-order valence-corrected chi connectivity index (χ4v) is 3.00. The minimum Gasteiger partial charge on any atom is -0.494 e. The molecule has 0 fully saturated rings. The Hall–Kier alpha value is -2.86. The van der Waals surface area contributed by atoms with E-state index in [0.717, 1.165) is 29.0 Å². The third-order valence-corrected chi connectivity index (χ3v) is 4.54. The molecule has 1 atom stereocenters. The summed E-state index contributed by atoms with van der Waals surface area (Å²) < 4.78 is 5.73. The number of rotatable bonds is 8. The van der Waals surface area contributed by atoms with Crippen LogP contribution in [-0.2, 0) is 16.0 Å².